The Labute approximate surface area is 103 Å². The van der Waals surface area contributed by atoms with Crippen LogP contribution in [-0.4, -0.2) is 17.3 Å². The molecule has 0 unspecified atom stereocenters. The van der Waals surface area contributed by atoms with E-state index in [-0.39, 0.29) is 0 Å². The van der Waals surface area contributed by atoms with Crippen LogP contribution >= 0.6 is 11.8 Å². The Balaban J connectivity index is 2.07. The van der Waals surface area contributed by atoms with Crippen molar-refractivity contribution in [2.24, 2.45) is 0 Å². The van der Waals surface area contributed by atoms with E-state index in [1.54, 1.807) is 25.8 Å². The molecule has 1 aromatic heterocycles. The zero-order chi connectivity index (χ0) is 12.3. The highest BCUT2D eigenvalue weighted by molar-refractivity contribution is 7.98. The Morgan fingerprint density at radius 3 is 2.94 bits per heavy atom. The van der Waals surface area contributed by atoms with Crippen LogP contribution in [0.5, 0.6) is 5.75 Å². The van der Waals surface area contributed by atoms with Crippen molar-refractivity contribution in [2.75, 3.05) is 12.8 Å². The molecule has 17 heavy (non-hydrogen) atoms. The fourth-order valence-corrected chi connectivity index (χ4v) is 2.14. The second-order valence-electron chi connectivity index (χ2n) is 3.42. The van der Waals surface area contributed by atoms with Crippen LogP contribution in [0.2, 0.25) is 0 Å². The van der Waals surface area contributed by atoms with E-state index in [1.807, 2.05) is 18.2 Å². The number of ether oxygens (including phenoxy) is 1. The molecule has 1 aromatic carbocycles. The minimum atomic E-state index is 0.569. The number of nitrogen functional groups attached to an aromatic ring is 1. The van der Waals surface area contributed by atoms with E-state index in [9.17, 15) is 0 Å². The van der Waals surface area contributed by atoms with Gasteiger partial charge in [0, 0.05) is 17.5 Å². The van der Waals surface area contributed by atoms with Crippen molar-refractivity contribution in [3.05, 3.63) is 29.9 Å². The van der Waals surface area contributed by atoms with Crippen LogP contribution in [0.15, 0.2) is 27.6 Å². The third kappa shape index (κ3) is 2.91. The van der Waals surface area contributed by atoms with Gasteiger partial charge in [0.1, 0.15) is 5.75 Å². The van der Waals surface area contributed by atoms with Crippen LogP contribution in [-0.2, 0) is 5.75 Å². The van der Waals surface area contributed by atoms with Crippen molar-refractivity contribution < 1.29 is 9.26 Å². The lowest BCUT2D eigenvalue weighted by Gasteiger charge is -2.06. The molecule has 0 spiro atoms. The van der Waals surface area contributed by atoms with Crippen LogP contribution in [0.4, 0.5) is 5.69 Å². The molecule has 2 N–H and O–H groups in total. The first-order valence-electron chi connectivity index (χ1n) is 5.04. The number of benzene rings is 1. The van der Waals surface area contributed by atoms with Gasteiger partial charge in [-0.15, -0.1) is 11.8 Å². The zero-order valence-electron chi connectivity index (χ0n) is 9.64. The summed E-state index contributed by atoms with van der Waals surface area (Å²) in [5.41, 5.74) is 6.59. The number of aromatic nitrogens is 2. The molecule has 0 atom stereocenters. The van der Waals surface area contributed by atoms with Crippen LogP contribution in [0.1, 0.15) is 11.7 Å². The second-order valence-corrected chi connectivity index (χ2v) is 4.44. The summed E-state index contributed by atoms with van der Waals surface area (Å²) < 4.78 is 10.0. The molecule has 0 bridgehead atoms. The Morgan fingerprint density at radius 1 is 1.47 bits per heavy atom. The molecule has 0 saturated carbocycles. The maximum Gasteiger partial charge on any atom is 0.223 e. The summed E-state index contributed by atoms with van der Waals surface area (Å²) in [5.74, 6) is 2.63. The van der Waals surface area contributed by atoms with Gasteiger partial charge in [-0.25, -0.2) is 0 Å². The Bertz CT molecular complexity index is 513. The number of methoxy groups -OCH3 is 1. The van der Waals surface area contributed by atoms with Crippen LogP contribution in [0, 0.1) is 6.92 Å². The molecular weight excluding hydrogens is 238 g/mol. The van der Waals surface area contributed by atoms with Gasteiger partial charge in [-0.3, -0.25) is 0 Å². The highest BCUT2D eigenvalue weighted by Gasteiger charge is 2.06. The van der Waals surface area contributed by atoms with Gasteiger partial charge in [-0.2, -0.15) is 4.98 Å². The van der Waals surface area contributed by atoms with Crippen LogP contribution in [0.3, 0.4) is 0 Å². The summed E-state index contributed by atoms with van der Waals surface area (Å²) in [7, 11) is 1.63. The van der Waals surface area contributed by atoms with Gasteiger partial charge in [-0.05, 0) is 18.2 Å². The van der Waals surface area contributed by atoms with Crippen molar-refractivity contribution in [2.45, 2.75) is 17.6 Å². The van der Waals surface area contributed by atoms with E-state index in [1.165, 1.54) is 0 Å². The molecule has 0 amide bonds. The lowest BCUT2D eigenvalue weighted by molar-refractivity contribution is 0.389. The van der Waals surface area contributed by atoms with Gasteiger partial charge in [0.05, 0.1) is 12.9 Å². The quantitative estimate of drug-likeness (QED) is 0.663. The Morgan fingerprint density at radius 2 is 2.29 bits per heavy atom. The summed E-state index contributed by atoms with van der Waals surface area (Å²) in [6, 6.07) is 5.55. The Kier molecular flexibility index (Phi) is 3.53. The predicted octanol–water partition coefficient (Wildman–Crippen LogP) is 2.26. The standard InChI is InChI=1S/C11H13N3O2S/c1-7-13-11(14-16-7)6-17-10-5-8(15-2)3-4-9(10)12/h3-5H,6,12H2,1-2H3. The van der Waals surface area contributed by atoms with Gasteiger partial charge in [0.25, 0.3) is 0 Å². The van der Waals surface area contributed by atoms with E-state index in [0.717, 1.165) is 16.3 Å². The molecule has 0 saturated heterocycles. The van der Waals surface area contributed by atoms with Crippen molar-refractivity contribution >= 4 is 17.4 Å². The number of anilines is 1. The van der Waals surface area contributed by atoms with E-state index in [2.05, 4.69) is 10.1 Å². The van der Waals surface area contributed by atoms with Gasteiger partial charge in [0.15, 0.2) is 5.82 Å². The van der Waals surface area contributed by atoms with Crippen molar-refractivity contribution in [1.29, 1.82) is 0 Å². The summed E-state index contributed by atoms with van der Waals surface area (Å²) in [5, 5.41) is 3.82. The van der Waals surface area contributed by atoms with Gasteiger partial charge in [0.2, 0.25) is 5.89 Å². The monoisotopic (exact) mass is 251 g/mol. The molecule has 1 heterocycles. The van der Waals surface area contributed by atoms with Crippen molar-refractivity contribution in [3.63, 3.8) is 0 Å². The lowest BCUT2D eigenvalue weighted by Crippen LogP contribution is -1.91. The summed E-state index contributed by atoms with van der Waals surface area (Å²) in [6.45, 7) is 1.76. The first-order valence-corrected chi connectivity index (χ1v) is 6.03. The molecule has 6 heteroatoms. The largest absolute Gasteiger partial charge is 0.497 e. The van der Waals surface area contributed by atoms with E-state index in [0.29, 0.717) is 17.5 Å². The normalized spacial score (nSPS) is 10.5. The van der Waals surface area contributed by atoms with E-state index in [4.69, 9.17) is 15.0 Å². The molecule has 2 rings (SSSR count). The zero-order valence-corrected chi connectivity index (χ0v) is 10.5. The smallest absolute Gasteiger partial charge is 0.223 e. The fourth-order valence-electron chi connectivity index (χ4n) is 1.31. The first-order chi connectivity index (χ1) is 8.19. The first kappa shape index (κ1) is 11.8. The molecule has 0 aliphatic heterocycles. The molecule has 0 aliphatic carbocycles. The highest BCUT2D eigenvalue weighted by Crippen LogP contribution is 2.30. The molecule has 0 radical (unpaired) electrons. The summed E-state index contributed by atoms with van der Waals surface area (Å²) in [6.07, 6.45) is 0. The number of nitrogens with two attached hydrogens (primary N) is 1. The minimum Gasteiger partial charge on any atom is -0.497 e. The highest BCUT2D eigenvalue weighted by atomic mass is 32.2. The molecule has 90 valence electrons. The number of hydrogen-bond donors (Lipinski definition) is 1. The SMILES string of the molecule is COc1ccc(N)c(SCc2noc(C)n2)c1. The summed E-state index contributed by atoms with van der Waals surface area (Å²) in [4.78, 5) is 5.08. The van der Waals surface area contributed by atoms with E-state index >= 15 is 0 Å². The van der Waals surface area contributed by atoms with Crippen molar-refractivity contribution in [3.8, 4) is 5.75 Å². The average Bonchev–Trinajstić information content (AvgIpc) is 2.74. The maximum absolute atomic E-state index is 5.87. The van der Waals surface area contributed by atoms with E-state index < -0.39 is 0 Å². The average molecular weight is 251 g/mol. The predicted molar refractivity (Wildman–Crippen MR) is 66.0 cm³/mol. The number of rotatable bonds is 4. The number of nitrogens with zero attached hydrogens (tertiary/aromatic N) is 2. The van der Waals surface area contributed by atoms with Gasteiger partial charge < -0.3 is 15.0 Å². The topological polar surface area (TPSA) is 74.2 Å². The molecular formula is C11H13N3O2S. The van der Waals surface area contributed by atoms with Crippen molar-refractivity contribution in [1.82, 2.24) is 10.1 Å². The number of aryl methyl sites for hydroxylation is 1. The second kappa shape index (κ2) is 5.09. The molecule has 0 aliphatic rings. The fraction of sp³-hybridized carbons (Fsp3) is 0.273. The summed E-state index contributed by atoms with van der Waals surface area (Å²) >= 11 is 1.55. The third-order valence-corrected chi connectivity index (χ3v) is 3.21. The van der Waals surface area contributed by atoms with Gasteiger partial charge in [-0.1, -0.05) is 5.16 Å². The van der Waals surface area contributed by atoms with Crippen LogP contribution in [0.25, 0.3) is 0 Å². The number of thioether (sulfide) groups is 1. The molecule has 0 fully saturated rings. The Hall–Kier alpha value is -1.69. The third-order valence-electron chi connectivity index (χ3n) is 2.15. The number of hydrogen-bond acceptors (Lipinski definition) is 6. The molecule has 2 aromatic rings. The lowest BCUT2D eigenvalue weighted by atomic mass is 10.3. The van der Waals surface area contributed by atoms with Gasteiger partial charge >= 0.3 is 0 Å². The minimum absolute atomic E-state index is 0.569. The maximum atomic E-state index is 5.87. The molecule has 5 nitrogen and oxygen atoms in total. The van der Waals surface area contributed by atoms with Crippen LogP contribution < -0.4 is 10.5 Å².